The van der Waals surface area contributed by atoms with Gasteiger partial charge in [-0.25, -0.2) is 0 Å². The number of rotatable bonds is 0. The lowest BCUT2D eigenvalue weighted by atomic mass is 9.69. The zero-order valence-corrected chi connectivity index (χ0v) is 9.72. The summed E-state index contributed by atoms with van der Waals surface area (Å²) in [6.45, 7) is 9.28. The summed E-state index contributed by atoms with van der Waals surface area (Å²) in [5, 5.41) is 0. The summed E-state index contributed by atoms with van der Waals surface area (Å²) in [4.78, 5) is 0. The van der Waals surface area contributed by atoms with Gasteiger partial charge in [0.2, 0.25) is 0 Å². The Morgan fingerprint density at radius 2 is 2.00 bits per heavy atom. The second-order valence-electron chi connectivity index (χ2n) is 5.41. The standard InChI is InChI=1S/C14H20/c1-10-5-6-13-12(9-10)11(2)7-8-14(13,3)4/h5-6,9,11H,7-8H2,1-4H3. The van der Waals surface area contributed by atoms with E-state index in [4.69, 9.17) is 0 Å². The van der Waals surface area contributed by atoms with Crippen LogP contribution in [0.4, 0.5) is 0 Å². The van der Waals surface area contributed by atoms with Crippen LogP contribution in [0.3, 0.4) is 0 Å². The van der Waals surface area contributed by atoms with Crippen LogP contribution in [0, 0.1) is 6.92 Å². The summed E-state index contributed by atoms with van der Waals surface area (Å²) in [5.74, 6) is 0.748. The topological polar surface area (TPSA) is 0 Å². The second-order valence-corrected chi connectivity index (χ2v) is 5.41. The fourth-order valence-corrected chi connectivity index (χ4v) is 2.57. The minimum atomic E-state index is 0.384. The molecule has 76 valence electrons. The Balaban J connectivity index is 2.57. The predicted octanol–water partition coefficient (Wildman–Crippen LogP) is 4.17. The molecule has 1 aliphatic rings. The Labute approximate surface area is 87.3 Å². The van der Waals surface area contributed by atoms with Gasteiger partial charge in [-0.1, -0.05) is 44.5 Å². The van der Waals surface area contributed by atoms with Gasteiger partial charge in [0, 0.05) is 0 Å². The molecule has 0 heteroatoms. The van der Waals surface area contributed by atoms with Crippen LogP contribution in [0.15, 0.2) is 18.2 Å². The summed E-state index contributed by atoms with van der Waals surface area (Å²) in [6.07, 6.45) is 2.66. The van der Waals surface area contributed by atoms with E-state index in [0.717, 1.165) is 5.92 Å². The van der Waals surface area contributed by atoms with Crippen LogP contribution in [0.2, 0.25) is 0 Å². The first-order valence-corrected chi connectivity index (χ1v) is 5.62. The molecule has 0 nitrogen and oxygen atoms in total. The van der Waals surface area contributed by atoms with E-state index >= 15 is 0 Å². The lowest BCUT2D eigenvalue weighted by molar-refractivity contribution is 0.402. The summed E-state index contributed by atoms with van der Waals surface area (Å²) in [6, 6.07) is 6.96. The monoisotopic (exact) mass is 188 g/mol. The molecule has 0 aliphatic heterocycles. The molecule has 14 heavy (non-hydrogen) atoms. The highest BCUT2D eigenvalue weighted by atomic mass is 14.3. The first-order valence-electron chi connectivity index (χ1n) is 5.62. The average Bonchev–Trinajstić information content (AvgIpc) is 2.12. The van der Waals surface area contributed by atoms with Crippen LogP contribution < -0.4 is 0 Å². The molecule has 1 aromatic carbocycles. The van der Waals surface area contributed by atoms with E-state index in [2.05, 4.69) is 45.9 Å². The lowest BCUT2D eigenvalue weighted by Gasteiger charge is -2.36. The van der Waals surface area contributed by atoms with Crippen molar-refractivity contribution in [1.29, 1.82) is 0 Å². The SMILES string of the molecule is Cc1ccc2c(c1)C(C)CCC2(C)C. The Bertz CT molecular complexity index is 347. The van der Waals surface area contributed by atoms with Crippen molar-refractivity contribution in [3.05, 3.63) is 34.9 Å². The smallest absolute Gasteiger partial charge is 0.0101 e. The first kappa shape index (κ1) is 9.76. The quantitative estimate of drug-likeness (QED) is 0.573. The van der Waals surface area contributed by atoms with E-state index in [-0.39, 0.29) is 0 Å². The van der Waals surface area contributed by atoms with Crippen molar-refractivity contribution in [3.8, 4) is 0 Å². The highest BCUT2D eigenvalue weighted by Gasteiger charge is 2.30. The average molecular weight is 188 g/mol. The highest BCUT2D eigenvalue weighted by Crippen LogP contribution is 2.42. The van der Waals surface area contributed by atoms with E-state index in [1.165, 1.54) is 18.4 Å². The fourth-order valence-electron chi connectivity index (χ4n) is 2.57. The Hall–Kier alpha value is -0.780. The van der Waals surface area contributed by atoms with Crippen LogP contribution in [-0.4, -0.2) is 0 Å². The van der Waals surface area contributed by atoms with E-state index in [1.54, 1.807) is 11.1 Å². The Kier molecular flexibility index (Phi) is 2.17. The summed E-state index contributed by atoms with van der Waals surface area (Å²) >= 11 is 0. The largest absolute Gasteiger partial charge is 0.0590 e. The van der Waals surface area contributed by atoms with Gasteiger partial charge in [-0.05, 0) is 42.2 Å². The third kappa shape index (κ3) is 1.47. The molecule has 1 unspecified atom stereocenters. The van der Waals surface area contributed by atoms with Crippen molar-refractivity contribution in [1.82, 2.24) is 0 Å². The zero-order chi connectivity index (χ0) is 10.3. The second kappa shape index (κ2) is 3.12. The third-order valence-electron chi connectivity index (χ3n) is 3.67. The maximum Gasteiger partial charge on any atom is -0.0101 e. The van der Waals surface area contributed by atoms with Crippen molar-refractivity contribution in [2.24, 2.45) is 0 Å². The van der Waals surface area contributed by atoms with Crippen LogP contribution in [0.1, 0.15) is 56.2 Å². The molecule has 0 saturated heterocycles. The van der Waals surface area contributed by atoms with Gasteiger partial charge < -0.3 is 0 Å². The van der Waals surface area contributed by atoms with Crippen molar-refractivity contribution in [2.45, 2.75) is 51.9 Å². The maximum atomic E-state index is 2.38. The van der Waals surface area contributed by atoms with E-state index in [9.17, 15) is 0 Å². The molecule has 2 rings (SSSR count). The molecule has 0 radical (unpaired) electrons. The molecule has 1 aliphatic carbocycles. The zero-order valence-electron chi connectivity index (χ0n) is 9.72. The number of fused-ring (bicyclic) bond motifs is 1. The van der Waals surface area contributed by atoms with Gasteiger partial charge in [-0.15, -0.1) is 0 Å². The molecule has 0 N–H and O–H groups in total. The Morgan fingerprint density at radius 3 is 2.71 bits per heavy atom. The van der Waals surface area contributed by atoms with Gasteiger partial charge in [-0.3, -0.25) is 0 Å². The fraction of sp³-hybridized carbons (Fsp3) is 0.571. The Morgan fingerprint density at radius 1 is 1.29 bits per heavy atom. The molecule has 0 heterocycles. The summed E-state index contributed by atoms with van der Waals surface area (Å²) in [7, 11) is 0. The van der Waals surface area contributed by atoms with Crippen molar-refractivity contribution in [2.75, 3.05) is 0 Å². The maximum absolute atomic E-state index is 2.38. The number of hydrogen-bond donors (Lipinski definition) is 0. The molecule has 0 amide bonds. The lowest BCUT2D eigenvalue weighted by Crippen LogP contribution is -2.25. The summed E-state index contributed by atoms with van der Waals surface area (Å²) < 4.78 is 0. The number of benzene rings is 1. The minimum absolute atomic E-state index is 0.384. The molecule has 0 saturated carbocycles. The third-order valence-corrected chi connectivity index (χ3v) is 3.67. The van der Waals surface area contributed by atoms with Crippen LogP contribution in [0.5, 0.6) is 0 Å². The molecule has 1 aromatic rings. The number of hydrogen-bond acceptors (Lipinski definition) is 0. The molecular formula is C14H20. The molecule has 0 aromatic heterocycles. The van der Waals surface area contributed by atoms with Crippen molar-refractivity contribution >= 4 is 0 Å². The van der Waals surface area contributed by atoms with E-state index in [1.807, 2.05) is 0 Å². The minimum Gasteiger partial charge on any atom is -0.0590 e. The van der Waals surface area contributed by atoms with Gasteiger partial charge in [-0.2, -0.15) is 0 Å². The van der Waals surface area contributed by atoms with E-state index in [0.29, 0.717) is 5.41 Å². The van der Waals surface area contributed by atoms with Gasteiger partial charge in [0.05, 0.1) is 0 Å². The first-order chi connectivity index (χ1) is 6.50. The van der Waals surface area contributed by atoms with Gasteiger partial charge in [0.15, 0.2) is 0 Å². The molecule has 1 atom stereocenters. The summed E-state index contributed by atoms with van der Waals surface area (Å²) in [5.41, 5.74) is 4.94. The van der Waals surface area contributed by atoms with E-state index < -0.39 is 0 Å². The van der Waals surface area contributed by atoms with Crippen LogP contribution in [0.25, 0.3) is 0 Å². The highest BCUT2D eigenvalue weighted by molar-refractivity contribution is 5.40. The van der Waals surface area contributed by atoms with Crippen LogP contribution >= 0.6 is 0 Å². The predicted molar refractivity (Wildman–Crippen MR) is 61.9 cm³/mol. The van der Waals surface area contributed by atoms with Crippen LogP contribution in [-0.2, 0) is 5.41 Å². The molecule has 0 spiro atoms. The molecular weight excluding hydrogens is 168 g/mol. The van der Waals surface area contributed by atoms with Crippen molar-refractivity contribution < 1.29 is 0 Å². The van der Waals surface area contributed by atoms with Gasteiger partial charge in [0.25, 0.3) is 0 Å². The van der Waals surface area contributed by atoms with Gasteiger partial charge >= 0.3 is 0 Å². The van der Waals surface area contributed by atoms with Crippen molar-refractivity contribution in [3.63, 3.8) is 0 Å². The molecule has 0 bridgehead atoms. The van der Waals surface area contributed by atoms with Gasteiger partial charge in [0.1, 0.15) is 0 Å². The molecule has 0 fully saturated rings. The number of aryl methyl sites for hydroxylation is 1. The normalized spacial score (nSPS) is 24.4.